The molecule has 0 unspecified atom stereocenters. The third-order valence-electron chi connectivity index (χ3n) is 3.88. The van der Waals surface area contributed by atoms with Crippen molar-refractivity contribution in [3.63, 3.8) is 0 Å². The summed E-state index contributed by atoms with van der Waals surface area (Å²) >= 11 is 0. The molecule has 0 saturated carbocycles. The van der Waals surface area contributed by atoms with Crippen LogP contribution in [-0.4, -0.2) is 62.7 Å². The largest absolute Gasteiger partial charge is 0.481 e. The molecule has 7 heteroatoms. The number of carbonyl (C=O) groups excluding carboxylic acids is 2. The number of pyridine rings is 1. The van der Waals surface area contributed by atoms with E-state index in [-0.39, 0.29) is 23.7 Å². The number of nitrogens with zero attached hydrogens (tertiary/aromatic N) is 2. The number of amides is 2. The van der Waals surface area contributed by atoms with Crippen LogP contribution in [0.1, 0.15) is 10.4 Å². The number of rotatable bonds is 5. The third kappa shape index (κ3) is 3.36. The quantitative estimate of drug-likeness (QED) is 0.839. The van der Waals surface area contributed by atoms with Gasteiger partial charge >= 0.3 is 0 Å². The molecule has 2 heterocycles. The van der Waals surface area contributed by atoms with E-state index in [1.54, 1.807) is 31.2 Å². The van der Waals surface area contributed by atoms with Crippen molar-refractivity contribution in [2.24, 2.45) is 11.8 Å². The molecule has 120 valence electrons. The molecular formula is C15H21N3O4. The van der Waals surface area contributed by atoms with E-state index >= 15 is 0 Å². The van der Waals surface area contributed by atoms with E-state index in [9.17, 15) is 9.59 Å². The Kier molecular flexibility index (Phi) is 5.32. The predicted molar refractivity (Wildman–Crippen MR) is 79.6 cm³/mol. The molecule has 0 spiro atoms. The van der Waals surface area contributed by atoms with Crippen LogP contribution >= 0.6 is 0 Å². The summed E-state index contributed by atoms with van der Waals surface area (Å²) in [5, 5.41) is 2.65. The summed E-state index contributed by atoms with van der Waals surface area (Å²) in [5.41, 5.74) is 0.481. The summed E-state index contributed by atoms with van der Waals surface area (Å²) in [4.78, 5) is 30.2. The highest BCUT2D eigenvalue weighted by Crippen LogP contribution is 2.25. The van der Waals surface area contributed by atoms with Crippen LogP contribution < -0.4 is 10.1 Å². The Morgan fingerprint density at radius 3 is 2.68 bits per heavy atom. The molecule has 0 aromatic carbocycles. The smallest absolute Gasteiger partial charge is 0.255 e. The van der Waals surface area contributed by atoms with Gasteiger partial charge in [0.1, 0.15) is 0 Å². The Morgan fingerprint density at radius 2 is 2.14 bits per heavy atom. The van der Waals surface area contributed by atoms with Crippen LogP contribution in [0, 0.1) is 11.8 Å². The maximum atomic E-state index is 12.5. The second-order valence-electron chi connectivity index (χ2n) is 5.24. The van der Waals surface area contributed by atoms with Gasteiger partial charge in [-0.1, -0.05) is 0 Å². The van der Waals surface area contributed by atoms with Gasteiger partial charge in [-0.15, -0.1) is 0 Å². The SMILES string of the molecule is CNC(=O)[C@@H]1CN(C(=O)c2ccc(OC)nc2)C[C@H]1COC. The van der Waals surface area contributed by atoms with Gasteiger partial charge in [0.15, 0.2) is 0 Å². The first-order chi connectivity index (χ1) is 10.6. The van der Waals surface area contributed by atoms with Gasteiger partial charge in [-0.25, -0.2) is 4.98 Å². The van der Waals surface area contributed by atoms with Gasteiger partial charge in [0, 0.05) is 45.4 Å². The summed E-state index contributed by atoms with van der Waals surface area (Å²) in [6.07, 6.45) is 1.49. The van der Waals surface area contributed by atoms with E-state index in [1.807, 2.05) is 0 Å². The van der Waals surface area contributed by atoms with Crippen molar-refractivity contribution in [2.45, 2.75) is 0 Å². The van der Waals surface area contributed by atoms with Gasteiger partial charge in [0.2, 0.25) is 11.8 Å². The zero-order chi connectivity index (χ0) is 16.1. The van der Waals surface area contributed by atoms with Crippen molar-refractivity contribution in [3.05, 3.63) is 23.9 Å². The van der Waals surface area contributed by atoms with Crippen molar-refractivity contribution in [3.8, 4) is 5.88 Å². The molecule has 0 radical (unpaired) electrons. The Balaban J connectivity index is 2.11. The number of hydrogen-bond donors (Lipinski definition) is 1. The van der Waals surface area contributed by atoms with Crippen molar-refractivity contribution in [1.29, 1.82) is 0 Å². The molecule has 0 aliphatic carbocycles. The van der Waals surface area contributed by atoms with E-state index in [2.05, 4.69) is 10.3 Å². The van der Waals surface area contributed by atoms with Gasteiger partial charge in [0.05, 0.1) is 25.2 Å². The molecule has 7 nitrogen and oxygen atoms in total. The second kappa shape index (κ2) is 7.22. The predicted octanol–water partition coefficient (Wildman–Crippen LogP) is 0.171. The average molecular weight is 307 g/mol. The first kappa shape index (κ1) is 16.2. The minimum Gasteiger partial charge on any atom is -0.481 e. The molecule has 1 fully saturated rings. The fourth-order valence-corrected chi connectivity index (χ4v) is 2.71. The van der Waals surface area contributed by atoms with Gasteiger partial charge in [-0.3, -0.25) is 9.59 Å². The summed E-state index contributed by atoms with van der Waals surface area (Å²) in [6.45, 7) is 1.33. The molecule has 2 rings (SSSR count). The normalized spacial score (nSPS) is 20.8. The molecule has 1 aliphatic heterocycles. The van der Waals surface area contributed by atoms with E-state index in [0.29, 0.717) is 31.1 Å². The molecule has 1 N–H and O–H groups in total. The Morgan fingerprint density at radius 1 is 1.36 bits per heavy atom. The molecule has 2 atom stereocenters. The summed E-state index contributed by atoms with van der Waals surface area (Å²) < 4.78 is 10.1. The van der Waals surface area contributed by atoms with Crippen LogP contribution in [0.15, 0.2) is 18.3 Å². The average Bonchev–Trinajstić information content (AvgIpc) is 2.98. The molecule has 1 aromatic heterocycles. The Bertz CT molecular complexity index is 532. The van der Waals surface area contributed by atoms with Crippen molar-refractivity contribution in [2.75, 3.05) is 41.0 Å². The van der Waals surface area contributed by atoms with Gasteiger partial charge in [-0.05, 0) is 6.07 Å². The lowest BCUT2D eigenvalue weighted by Gasteiger charge is -2.16. The van der Waals surface area contributed by atoms with E-state index in [4.69, 9.17) is 9.47 Å². The van der Waals surface area contributed by atoms with Gasteiger partial charge < -0.3 is 19.7 Å². The highest BCUT2D eigenvalue weighted by Gasteiger charge is 2.39. The van der Waals surface area contributed by atoms with Crippen molar-refractivity contribution >= 4 is 11.8 Å². The molecule has 0 bridgehead atoms. The second-order valence-corrected chi connectivity index (χ2v) is 5.24. The molecular weight excluding hydrogens is 286 g/mol. The zero-order valence-corrected chi connectivity index (χ0v) is 13.0. The van der Waals surface area contributed by atoms with Gasteiger partial charge in [0.25, 0.3) is 5.91 Å². The monoisotopic (exact) mass is 307 g/mol. The minimum atomic E-state index is -0.250. The Labute approximate surface area is 129 Å². The number of nitrogens with one attached hydrogen (secondary N) is 1. The van der Waals surface area contributed by atoms with Crippen molar-refractivity contribution < 1.29 is 19.1 Å². The lowest BCUT2D eigenvalue weighted by Crippen LogP contribution is -2.34. The summed E-state index contributed by atoms with van der Waals surface area (Å²) in [6, 6.07) is 3.32. The Hall–Kier alpha value is -2.15. The molecule has 22 heavy (non-hydrogen) atoms. The van der Waals surface area contributed by atoms with Crippen LogP contribution in [0.5, 0.6) is 5.88 Å². The van der Waals surface area contributed by atoms with Crippen molar-refractivity contribution in [1.82, 2.24) is 15.2 Å². The van der Waals surface area contributed by atoms with Crippen LogP contribution in [-0.2, 0) is 9.53 Å². The lowest BCUT2D eigenvalue weighted by molar-refractivity contribution is -0.125. The van der Waals surface area contributed by atoms with Crippen LogP contribution in [0.4, 0.5) is 0 Å². The maximum absolute atomic E-state index is 12.5. The van der Waals surface area contributed by atoms with Crippen LogP contribution in [0.3, 0.4) is 0 Å². The lowest BCUT2D eigenvalue weighted by atomic mass is 9.96. The minimum absolute atomic E-state index is 0.0000996. The summed E-state index contributed by atoms with van der Waals surface area (Å²) in [5.74, 6) is 0.00606. The van der Waals surface area contributed by atoms with E-state index < -0.39 is 0 Å². The molecule has 2 amide bonds. The maximum Gasteiger partial charge on any atom is 0.255 e. The number of carbonyl (C=O) groups is 2. The summed E-state index contributed by atoms with van der Waals surface area (Å²) in [7, 11) is 4.72. The van der Waals surface area contributed by atoms with Crippen LogP contribution in [0.2, 0.25) is 0 Å². The first-order valence-corrected chi connectivity index (χ1v) is 7.10. The fraction of sp³-hybridized carbons (Fsp3) is 0.533. The molecule has 1 saturated heterocycles. The number of hydrogen-bond acceptors (Lipinski definition) is 5. The van der Waals surface area contributed by atoms with Crippen LogP contribution in [0.25, 0.3) is 0 Å². The topological polar surface area (TPSA) is 80.8 Å². The fourth-order valence-electron chi connectivity index (χ4n) is 2.71. The van der Waals surface area contributed by atoms with Gasteiger partial charge in [-0.2, -0.15) is 0 Å². The highest BCUT2D eigenvalue weighted by atomic mass is 16.5. The zero-order valence-electron chi connectivity index (χ0n) is 13.0. The third-order valence-corrected chi connectivity index (χ3v) is 3.88. The number of methoxy groups -OCH3 is 2. The van der Waals surface area contributed by atoms with E-state index in [0.717, 1.165) is 0 Å². The highest BCUT2D eigenvalue weighted by molar-refractivity contribution is 5.94. The first-order valence-electron chi connectivity index (χ1n) is 7.10. The number of likely N-dealkylation sites (tertiary alicyclic amines) is 1. The molecule has 1 aromatic rings. The number of aromatic nitrogens is 1. The molecule has 1 aliphatic rings. The number of ether oxygens (including phenoxy) is 2. The van der Waals surface area contributed by atoms with E-state index in [1.165, 1.54) is 13.3 Å². The standard InChI is InChI=1S/C15H21N3O4/c1-16-14(19)12-8-18(7-11(12)9-21-2)15(20)10-4-5-13(22-3)17-6-10/h4-6,11-12H,7-9H2,1-3H3,(H,16,19)/t11-,12+/m0/s1.